The van der Waals surface area contributed by atoms with Crippen molar-refractivity contribution in [3.05, 3.63) is 0 Å². The molecule has 6 heteroatoms. The molecule has 0 bridgehead atoms. The van der Waals surface area contributed by atoms with Crippen LogP contribution in [0.25, 0.3) is 0 Å². The third-order valence-electron chi connectivity index (χ3n) is 2.35. The van der Waals surface area contributed by atoms with Gasteiger partial charge in [0.05, 0.1) is 6.61 Å². The number of ether oxygens (including phenoxy) is 1. The van der Waals surface area contributed by atoms with Crippen molar-refractivity contribution in [1.29, 1.82) is 0 Å². The van der Waals surface area contributed by atoms with Gasteiger partial charge in [-0.05, 0) is 19.8 Å². The Morgan fingerprint density at radius 3 is 2.53 bits per heavy atom. The second kappa shape index (κ2) is 4.29. The van der Waals surface area contributed by atoms with E-state index in [4.69, 9.17) is 5.21 Å². The van der Waals surface area contributed by atoms with Crippen LogP contribution < -0.4 is 5.32 Å². The summed E-state index contributed by atoms with van der Waals surface area (Å²) < 4.78 is 4.58. The van der Waals surface area contributed by atoms with Crippen molar-refractivity contribution in [3.63, 3.8) is 0 Å². The molecule has 15 heavy (non-hydrogen) atoms. The van der Waals surface area contributed by atoms with E-state index in [1.54, 1.807) is 13.8 Å². The maximum absolute atomic E-state index is 11.5. The fraction of sp³-hybridized carbons (Fsp3) is 0.667. The number of hydrogen-bond acceptors (Lipinski definition) is 5. The van der Waals surface area contributed by atoms with E-state index in [0.717, 1.165) is 12.8 Å². The topological polar surface area (TPSA) is 88.0 Å². The Morgan fingerprint density at radius 2 is 2.13 bits per heavy atom. The molecule has 1 rings (SSSR count). The third-order valence-corrected chi connectivity index (χ3v) is 2.35. The second-order valence-corrected chi connectivity index (χ2v) is 3.68. The molecule has 2 N–H and O–H groups in total. The van der Waals surface area contributed by atoms with Crippen LogP contribution in [0, 0.1) is 5.41 Å². The number of oxime groups is 1. The first-order valence-electron chi connectivity index (χ1n) is 4.74. The molecule has 6 nitrogen and oxygen atoms in total. The number of hydrogen-bond donors (Lipinski definition) is 2. The quantitative estimate of drug-likeness (QED) is 0.227. The zero-order valence-electron chi connectivity index (χ0n) is 8.74. The van der Waals surface area contributed by atoms with Crippen LogP contribution in [0.2, 0.25) is 0 Å². The summed E-state index contributed by atoms with van der Waals surface area (Å²) in [5.74, 6) is -1.61. The van der Waals surface area contributed by atoms with E-state index < -0.39 is 17.2 Å². The van der Waals surface area contributed by atoms with E-state index in [0.29, 0.717) is 0 Å². The Kier molecular flexibility index (Phi) is 3.28. The van der Waals surface area contributed by atoms with Gasteiger partial charge in [0, 0.05) is 5.41 Å². The van der Waals surface area contributed by atoms with Crippen molar-refractivity contribution in [2.45, 2.75) is 26.7 Å². The number of carbonyl (C=O) groups excluding carboxylic acids is 2. The van der Waals surface area contributed by atoms with Crippen LogP contribution in [0.5, 0.6) is 0 Å². The molecule has 1 saturated carbocycles. The van der Waals surface area contributed by atoms with Crippen molar-refractivity contribution in [1.82, 2.24) is 5.32 Å². The molecule has 0 unspecified atom stereocenters. The lowest BCUT2D eigenvalue weighted by atomic mass is 10.1. The standard InChI is InChI=1S/C9H14N2O4/c1-3-15-7(12)6(11-14)10-8(13)9(2)4-5-9/h14H,3-5H2,1-2H3,(H,10,11,13). The van der Waals surface area contributed by atoms with Gasteiger partial charge < -0.3 is 15.3 Å². The number of carbonyl (C=O) groups is 2. The largest absolute Gasteiger partial charge is 0.460 e. The normalized spacial score (nSPS) is 18.1. The maximum Gasteiger partial charge on any atom is 0.377 e. The average molecular weight is 214 g/mol. The highest BCUT2D eigenvalue weighted by Gasteiger charge is 2.45. The number of nitrogens with zero attached hydrogens (tertiary/aromatic N) is 1. The lowest BCUT2D eigenvalue weighted by molar-refractivity contribution is -0.136. The van der Waals surface area contributed by atoms with Crippen LogP contribution in [0.4, 0.5) is 0 Å². The summed E-state index contributed by atoms with van der Waals surface area (Å²) in [6.07, 6.45) is 1.56. The minimum Gasteiger partial charge on any atom is -0.460 e. The molecule has 1 aliphatic carbocycles. The van der Waals surface area contributed by atoms with Crippen molar-refractivity contribution < 1.29 is 19.5 Å². The summed E-state index contributed by atoms with van der Waals surface area (Å²) in [6.45, 7) is 3.56. The van der Waals surface area contributed by atoms with Gasteiger partial charge >= 0.3 is 5.97 Å². The summed E-state index contributed by atoms with van der Waals surface area (Å²) in [6, 6.07) is 0. The summed E-state index contributed by atoms with van der Waals surface area (Å²) >= 11 is 0. The third kappa shape index (κ3) is 2.68. The number of amides is 1. The fourth-order valence-electron chi connectivity index (χ4n) is 0.989. The summed E-state index contributed by atoms with van der Waals surface area (Å²) in [5, 5.41) is 13.5. The van der Waals surface area contributed by atoms with Crippen LogP contribution in [0.15, 0.2) is 5.16 Å². The first-order chi connectivity index (χ1) is 7.03. The van der Waals surface area contributed by atoms with Crippen LogP contribution in [-0.4, -0.2) is 29.5 Å². The summed E-state index contributed by atoms with van der Waals surface area (Å²) in [5.41, 5.74) is -0.428. The highest BCUT2D eigenvalue weighted by molar-refractivity contribution is 6.38. The number of amidine groups is 1. The van der Waals surface area contributed by atoms with E-state index in [1.807, 2.05) is 0 Å². The van der Waals surface area contributed by atoms with Crippen LogP contribution >= 0.6 is 0 Å². The van der Waals surface area contributed by atoms with Crippen LogP contribution in [0.3, 0.4) is 0 Å². The zero-order valence-corrected chi connectivity index (χ0v) is 8.74. The molecule has 1 fully saturated rings. The molecular weight excluding hydrogens is 200 g/mol. The lowest BCUT2D eigenvalue weighted by Gasteiger charge is -2.09. The number of esters is 1. The highest BCUT2D eigenvalue weighted by atomic mass is 16.5. The van der Waals surface area contributed by atoms with Gasteiger partial charge in [-0.2, -0.15) is 0 Å². The Balaban J connectivity index is 2.54. The lowest BCUT2D eigenvalue weighted by Crippen LogP contribution is -2.40. The SMILES string of the molecule is CCOC(=O)/C(=N\O)NC(=O)C1(C)CC1. The van der Waals surface area contributed by atoms with Gasteiger partial charge in [0.25, 0.3) is 5.84 Å². The summed E-state index contributed by atoms with van der Waals surface area (Å²) in [7, 11) is 0. The number of nitrogens with one attached hydrogen (secondary N) is 1. The van der Waals surface area contributed by atoms with Gasteiger partial charge in [-0.1, -0.05) is 12.1 Å². The predicted octanol–water partition coefficient (Wildman–Crippen LogP) is 0.253. The Bertz CT molecular complexity index is 307. The smallest absolute Gasteiger partial charge is 0.377 e. The maximum atomic E-state index is 11.5. The molecule has 0 aromatic carbocycles. The monoisotopic (exact) mass is 214 g/mol. The number of rotatable bonds is 2. The van der Waals surface area contributed by atoms with Crippen molar-refractivity contribution in [2.75, 3.05) is 6.61 Å². The van der Waals surface area contributed by atoms with E-state index in [-0.39, 0.29) is 12.5 Å². The molecule has 0 atom stereocenters. The van der Waals surface area contributed by atoms with Gasteiger partial charge in [-0.25, -0.2) is 4.79 Å². The van der Waals surface area contributed by atoms with E-state index in [2.05, 4.69) is 15.2 Å². The summed E-state index contributed by atoms with van der Waals surface area (Å²) in [4.78, 5) is 22.6. The molecule has 0 aliphatic heterocycles. The van der Waals surface area contributed by atoms with E-state index in [1.165, 1.54) is 0 Å². The van der Waals surface area contributed by atoms with E-state index >= 15 is 0 Å². The van der Waals surface area contributed by atoms with Gasteiger partial charge in [0.15, 0.2) is 0 Å². The highest BCUT2D eigenvalue weighted by Crippen LogP contribution is 2.44. The second-order valence-electron chi connectivity index (χ2n) is 3.68. The molecule has 0 heterocycles. The van der Waals surface area contributed by atoms with Gasteiger partial charge in [-0.3, -0.25) is 4.79 Å². The molecule has 1 amide bonds. The Labute approximate surface area is 87.3 Å². The molecular formula is C9H14N2O4. The van der Waals surface area contributed by atoms with E-state index in [9.17, 15) is 9.59 Å². The molecule has 84 valence electrons. The Morgan fingerprint density at radius 1 is 1.53 bits per heavy atom. The Hall–Kier alpha value is -1.59. The molecule has 0 saturated heterocycles. The van der Waals surface area contributed by atoms with Crippen LogP contribution in [0.1, 0.15) is 26.7 Å². The predicted molar refractivity (Wildman–Crippen MR) is 51.3 cm³/mol. The van der Waals surface area contributed by atoms with Crippen molar-refractivity contribution >= 4 is 17.7 Å². The van der Waals surface area contributed by atoms with Gasteiger partial charge in [0.2, 0.25) is 5.91 Å². The van der Waals surface area contributed by atoms with Crippen molar-refractivity contribution in [3.8, 4) is 0 Å². The molecule has 1 aliphatic rings. The van der Waals surface area contributed by atoms with Crippen molar-refractivity contribution in [2.24, 2.45) is 10.6 Å². The average Bonchev–Trinajstić information content (AvgIpc) is 2.94. The fourth-order valence-corrected chi connectivity index (χ4v) is 0.989. The molecule has 0 aromatic rings. The first-order valence-corrected chi connectivity index (χ1v) is 4.74. The molecule has 0 aromatic heterocycles. The zero-order chi connectivity index (χ0) is 11.5. The van der Waals surface area contributed by atoms with Gasteiger partial charge in [-0.15, -0.1) is 0 Å². The molecule has 0 spiro atoms. The first kappa shape index (κ1) is 11.5. The van der Waals surface area contributed by atoms with Gasteiger partial charge in [0.1, 0.15) is 0 Å². The molecule has 0 radical (unpaired) electrons. The van der Waals surface area contributed by atoms with Crippen LogP contribution in [-0.2, 0) is 14.3 Å². The minimum absolute atomic E-state index is 0.158. The minimum atomic E-state index is -0.836.